The van der Waals surface area contributed by atoms with Crippen LogP contribution in [0.5, 0.6) is 5.75 Å². The maximum Gasteiger partial charge on any atom is 0.303 e. The molecule has 41 heavy (non-hydrogen) atoms. The van der Waals surface area contributed by atoms with Crippen LogP contribution in [0.15, 0.2) is 18.2 Å². The van der Waals surface area contributed by atoms with Crippen LogP contribution < -0.4 is 15.8 Å². The van der Waals surface area contributed by atoms with Gasteiger partial charge in [-0.3, -0.25) is 24.0 Å². The van der Waals surface area contributed by atoms with E-state index in [2.05, 4.69) is 5.32 Å². The molecule has 12 heteroatoms. The van der Waals surface area contributed by atoms with Crippen LogP contribution in [0, 0.1) is 5.92 Å². The molecule has 0 unspecified atom stereocenters. The van der Waals surface area contributed by atoms with E-state index in [1.165, 1.54) is 6.92 Å². The number of carbonyl (C=O) groups is 5. The number of nitrogens with zero attached hydrogens (tertiary/aromatic N) is 2. The van der Waals surface area contributed by atoms with Gasteiger partial charge in [-0.1, -0.05) is 30.7 Å². The Morgan fingerprint density at radius 2 is 1.93 bits per heavy atom. The van der Waals surface area contributed by atoms with Crippen molar-refractivity contribution < 1.29 is 33.8 Å². The van der Waals surface area contributed by atoms with Crippen molar-refractivity contribution in [1.82, 2.24) is 15.1 Å². The van der Waals surface area contributed by atoms with E-state index in [9.17, 15) is 24.0 Å². The van der Waals surface area contributed by atoms with E-state index in [0.29, 0.717) is 62.4 Å². The smallest absolute Gasteiger partial charge is 0.303 e. The number of aliphatic carboxylic acids is 1. The van der Waals surface area contributed by atoms with Crippen molar-refractivity contribution in [3.8, 4) is 5.75 Å². The van der Waals surface area contributed by atoms with Crippen LogP contribution in [-0.4, -0.2) is 82.3 Å². The van der Waals surface area contributed by atoms with E-state index in [1.807, 2.05) is 6.07 Å². The number of carboxylic acids is 1. The zero-order valence-electron chi connectivity index (χ0n) is 23.8. The molecule has 0 aliphatic carbocycles. The summed E-state index contributed by atoms with van der Waals surface area (Å²) in [7, 11) is 0. The lowest BCUT2D eigenvalue weighted by molar-refractivity contribution is -0.146. The highest BCUT2D eigenvalue weighted by atomic mass is 35.5. The molecule has 2 aliphatic heterocycles. The SMILES string of the molecule is CC(=O)N1CC[C@H]2CC[C@@H](C(=O)N[C@@H](CCC(N)=O)COc3cccc(CCCCC(=O)O)c3Cl)N2C(=O)[C@@H](C)C1. The summed E-state index contributed by atoms with van der Waals surface area (Å²) in [5.41, 5.74) is 6.21. The number of hydrogen-bond acceptors (Lipinski definition) is 6. The standard InChI is InChI=1S/C29H41ClN4O7/c1-18-16-33(19(2)35)15-14-22-11-12-23(34(22)29(18)40)28(39)32-21(10-13-25(31)36)17-41-24-8-5-7-20(27(24)30)6-3-4-9-26(37)38/h5,7-8,18,21-23H,3-4,6,9-17H2,1-2H3,(H2,31,36)(H,32,39)(H,37,38)/t18-,21-,22+,23-/m0/s1. The van der Waals surface area contributed by atoms with Crippen LogP contribution in [-0.2, 0) is 30.4 Å². The van der Waals surface area contributed by atoms with Gasteiger partial charge in [0.1, 0.15) is 18.4 Å². The topological polar surface area (TPSA) is 159 Å². The normalized spacial score (nSPS) is 21.4. The van der Waals surface area contributed by atoms with E-state index in [-0.39, 0.29) is 49.6 Å². The average molecular weight is 593 g/mol. The zero-order chi connectivity index (χ0) is 30.1. The number of halogens is 1. The van der Waals surface area contributed by atoms with Crippen molar-refractivity contribution in [2.24, 2.45) is 11.7 Å². The Bertz CT molecular complexity index is 1130. The van der Waals surface area contributed by atoms with Crippen molar-refractivity contribution >= 4 is 41.2 Å². The van der Waals surface area contributed by atoms with Crippen LogP contribution >= 0.6 is 11.6 Å². The maximum atomic E-state index is 13.5. The van der Waals surface area contributed by atoms with Crippen molar-refractivity contribution in [3.05, 3.63) is 28.8 Å². The van der Waals surface area contributed by atoms with Crippen molar-refractivity contribution in [2.45, 2.75) is 89.8 Å². The number of hydrogen-bond donors (Lipinski definition) is 3. The molecular weight excluding hydrogens is 552 g/mol. The monoisotopic (exact) mass is 592 g/mol. The van der Waals surface area contributed by atoms with Crippen LogP contribution in [0.3, 0.4) is 0 Å². The van der Waals surface area contributed by atoms with Gasteiger partial charge in [0, 0.05) is 38.9 Å². The summed E-state index contributed by atoms with van der Waals surface area (Å²) >= 11 is 6.56. The summed E-state index contributed by atoms with van der Waals surface area (Å²) < 4.78 is 5.98. The Morgan fingerprint density at radius 3 is 2.61 bits per heavy atom. The Balaban J connectivity index is 1.66. The Kier molecular flexibility index (Phi) is 11.8. The first kappa shape index (κ1) is 32.2. The van der Waals surface area contributed by atoms with Gasteiger partial charge in [-0.15, -0.1) is 0 Å². The lowest BCUT2D eigenvalue weighted by atomic mass is 10.0. The molecule has 0 saturated carbocycles. The van der Waals surface area contributed by atoms with Gasteiger partial charge in [0.2, 0.25) is 23.6 Å². The number of nitrogens with two attached hydrogens (primary N) is 1. The fourth-order valence-electron chi connectivity index (χ4n) is 5.56. The number of nitrogens with one attached hydrogen (secondary N) is 1. The first-order chi connectivity index (χ1) is 19.5. The molecule has 226 valence electrons. The lowest BCUT2D eigenvalue weighted by Crippen LogP contribution is -2.55. The lowest BCUT2D eigenvalue weighted by Gasteiger charge is -2.37. The van der Waals surface area contributed by atoms with E-state index in [4.69, 9.17) is 27.2 Å². The van der Waals surface area contributed by atoms with E-state index in [0.717, 1.165) is 5.56 Å². The number of ether oxygens (including phenoxy) is 1. The number of aryl methyl sites for hydroxylation is 1. The Hall–Kier alpha value is -3.34. The highest BCUT2D eigenvalue weighted by molar-refractivity contribution is 6.32. The van der Waals surface area contributed by atoms with Gasteiger partial charge in [-0.05, 0) is 56.6 Å². The van der Waals surface area contributed by atoms with Crippen molar-refractivity contribution in [2.75, 3.05) is 19.7 Å². The van der Waals surface area contributed by atoms with Gasteiger partial charge < -0.3 is 30.7 Å². The van der Waals surface area contributed by atoms with E-state index < -0.39 is 29.9 Å². The van der Waals surface area contributed by atoms with Gasteiger partial charge in [0.15, 0.2) is 0 Å². The third-order valence-corrected chi connectivity index (χ3v) is 8.24. The Labute approximate surface area is 245 Å². The molecule has 0 spiro atoms. The Morgan fingerprint density at radius 1 is 1.17 bits per heavy atom. The minimum Gasteiger partial charge on any atom is -0.490 e. The second kappa shape index (κ2) is 15.0. The van der Waals surface area contributed by atoms with Crippen molar-refractivity contribution in [3.63, 3.8) is 0 Å². The fraction of sp³-hybridized carbons (Fsp3) is 0.621. The third-order valence-electron chi connectivity index (χ3n) is 7.81. The highest BCUT2D eigenvalue weighted by Crippen LogP contribution is 2.32. The van der Waals surface area contributed by atoms with E-state index >= 15 is 0 Å². The molecular formula is C29H41ClN4O7. The number of amides is 4. The van der Waals surface area contributed by atoms with Crippen LogP contribution in [0.25, 0.3) is 0 Å². The van der Waals surface area contributed by atoms with Gasteiger partial charge >= 0.3 is 5.97 Å². The van der Waals surface area contributed by atoms with Gasteiger partial charge in [-0.2, -0.15) is 0 Å². The number of benzene rings is 1. The molecule has 1 aromatic carbocycles. The molecule has 2 aliphatic rings. The molecule has 1 aromatic rings. The summed E-state index contributed by atoms with van der Waals surface area (Å²) in [5.74, 6) is -1.87. The predicted molar refractivity (Wildman–Crippen MR) is 152 cm³/mol. The second-order valence-corrected chi connectivity index (χ2v) is 11.4. The summed E-state index contributed by atoms with van der Waals surface area (Å²) in [5, 5.41) is 12.2. The first-order valence-electron chi connectivity index (χ1n) is 14.3. The molecule has 2 saturated heterocycles. The molecule has 0 radical (unpaired) electrons. The van der Waals surface area contributed by atoms with Crippen molar-refractivity contribution in [1.29, 1.82) is 0 Å². The van der Waals surface area contributed by atoms with E-state index in [1.54, 1.807) is 28.9 Å². The van der Waals surface area contributed by atoms with Crippen LogP contribution in [0.2, 0.25) is 5.02 Å². The third kappa shape index (κ3) is 9.08. The molecule has 2 heterocycles. The molecule has 4 amide bonds. The molecule has 2 fully saturated rings. The number of primary amides is 1. The average Bonchev–Trinajstić information content (AvgIpc) is 3.33. The summed E-state index contributed by atoms with van der Waals surface area (Å²) in [6.45, 7) is 4.18. The predicted octanol–water partition coefficient (Wildman–Crippen LogP) is 2.51. The zero-order valence-corrected chi connectivity index (χ0v) is 24.5. The van der Waals surface area contributed by atoms with Gasteiger partial charge in [0.25, 0.3) is 0 Å². The van der Waals surface area contributed by atoms with Crippen LogP contribution in [0.4, 0.5) is 0 Å². The van der Waals surface area contributed by atoms with Gasteiger partial charge in [-0.25, -0.2) is 0 Å². The molecule has 4 N–H and O–H groups in total. The molecule has 4 atom stereocenters. The molecule has 0 bridgehead atoms. The number of carbonyl (C=O) groups excluding carboxylic acids is 4. The number of unbranched alkanes of at least 4 members (excludes halogenated alkanes) is 1. The summed E-state index contributed by atoms with van der Waals surface area (Å²) in [6, 6.07) is 4.04. The molecule has 11 nitrogen and oxygen atoms in total. The first-order valence-corrected chi connectivity index (χ1v) is 14.6. The largest absolute Gasteiger partial charge is 0.490 e. The number of fused-ring (bicyclic) bond motifs is 1. The maximum absolute atomic E-state index is 13.5. The van der Waals surface area contributed by atoms with Gasteiger partial charge in [0.05, 0.1) is 17.0 Å². The quantitative estimate of drug-likeness (QED) is 0.297. The minimum absolute atomic E-state index is 0.0370. The fourth-order valence-corrected chi connectivity index (χ4v) is 5.83. The number of carboxylic acid groups (broad SMARTS) is 1. The molecule has 0 aromatic heterocycles. The highest BCUT2D eigenvalue weighted by Gasteiger charge is 2.44. The second-order valence-electron chi connectivity index (χ2n) is 11.0. The molecule has 3 rings (SSSR count). The van der Waals surface area contributed by atoms with Crippen LogP contribution in [0.1, 0.15) is 70.8 Å². The summed E-state index contributed by atoms with van der Waals surface area (Å²) in [6.07, 6.45) is 3.97. The summed E-state index contributed by atoms with van der Waals surface area (Å²) in [4.78, 5) is 64.5. The minimum atomic E-state index is -0.838. The number of rotatable bonds is 13.